The first-order chi connectivity index (χ1) is 11.5. The number of Topliss-reactive ketones (excluding diaryl/α,β-unsaturated/α-hetero) is 1. The summed E-state index contributed by atoms with van der Waals surface area (Å²) in [5.74, 6) is -0.590. The van der Waals surface area contributed by atoms with Gasteiger partial charge in [0.2, 0.25) is 0 Å². The zero-order valence-corrected chi connectivity index (χ0v) is 14.7. The number of rotatable bonds is 12. The summed E-state index contributed by atoms with van der Waals surface area (Å²) in [6.45, 7) is 2.14. The number of carbonyl (C=O) groups is 2. The van der Waals surface area contributed by atoms with Crippen LogP contribution in [-0.2, 0) is 9.59 Å². The molecule has 0 aromatic heterocycles. The van der Waals surface area contributed by atoms with Crippen molar-refractivity contribution < 1.29 is 19.8 Å². The minimum atomic E-state index is -0.776. The van der Waals surface area contributed by atoms with Crippen LogP contribution in [0.15, 0.2) is 35.5 Å². The van der Waals surface area contributed by atoms with Crippen molar-refractivity contribution in [1.82, 2.24) is 0 Å². The zero-order valence-electron chi connectivity index (χ0n) is 14.7. The van der Waals surface area contributed by atoms with Crippen LogP contribution >= 0.6 is 0 Å². The maximum absolute atomic E-state index is 12.0. The summed E-state index contributed by atoms with van der Waals surface area (Å²) in [6, 6.07) is 0. The minimum Gasteiger partial charge on any atom is -0.481 e. The van der Waals surface area contributed by atoms with Crippen molar-refractivity contribution >= 4 is 11.8 Å². The van der Waals surface area contributed by atoms with Crippen LogP contribution in [0.25, 0.3) is 0 Å². The fourth-order valence-corrected chi connectivity index (χ4v) is 2.78. The summed E-state index contributed by atoms with van der Waals surface area (Å²) in [4.78, 5) is 22.4. The quantitative estimate of drug-likeness (QED) is 0.411. The molecule has 1 aliphatic rings. The lowest BCUT2D eigenvalue weighted by molar-refractivity contribution is -0.137. The van der Waals surface area contributed by atoms with E-state index in [0.717, 1.165) is 49.7 Å². The van der Waals surface area contributed by atoms with Gasteiger partial charge in [0.15, 0.2) is 5.78 Å². The topological polar surface area (TPSA) is 74.6 Å². The molecule has 24 heavy (non-hydrogen) atoms. The Morgan fingerprint density at radius 1 is 1.21 bits per heavy atom. The van der Waals surface area contributed by atoms with Crippen LogP contribution in [0, 0.1) is 0 Å². The fourth-order valence-electron chi connectivity index (χ4n) is 2.78. The standard InChI is InChI=1S/C20H30O4/c1-2-3-6-9-17(21)14-12-16-13-15-19(22)18(16)10-7-4-5-8-11-20(23)24/h4,7,12,14,17,21H,2-3,5-6,8-11,13,15H2,1H3,(H,23,24)/t17-/m0/s1. The van der Waals surface area contributed by atoms with Gasteiger partial charge in [-0.15, -0.1) is 0 Å². The number of aliphatic hydroxyl groups excluding tert-OH is 1. The Labute approximate surface area is 145 Å². The lowest BCUT2D eigenvalue weighted by Gasteiger charge is -2.05. The molecule has 0 aromatic carbocycles. The van der Waals surface area contributed by atoms with E-state index in [9.17, 15) is 14.7 Å². The highest BCUT2D eigenvalue weighted by molar-refractivity contribution is 5.99. The van der Waals surface area contributed by atoms with Gasteiger partial charge in [-0.3, -0.25) is 9.59 Å². The van der Waals surface area contributed by atoms with Crippen molar-refractivity contribution in [3.05, 3.63) is 35.5 Å². The van der Waals surface area contributed by atoms with E-state index in [2.05, 4.69) is 6.92 Å². The van der Waals surface area contributed by atoms with Gasteiger partial charge in [-0.25, -0.2) is 0 Å². The SMILES string of the molecule is CCCCC[C@H](O)C=CC1=C(CC=CCCCC(=O)O)C(=O)CC1. The highest BCUT2D eigenvalue weighted by atomic mass is 16.4. The van der Waals surface area contributed by atoms with E-state index < -0.39 is 12.1 Å². The third kappa shape index (κ3) is 8.25. The first-order valence-corrected chi connectivity index (χ1v) is 9.02. The summed E-state index contributed by atoms with van der Waals surface area (Å²) < 4.78 is 0. The van der Waals surface area contributed by atoms with Gasteiger partial charge in [0.05, 0.1) is 6.10 Å². The van der Waals surface area contributed by atoms with Crippen molar-refractivity contribution in [3.8, 4) is 0 Å². The van der Waals surface area contributed by atoms with Gasteiger partial charge >= 0.3 is 5.97 Å². The third-order valence-electron chi connectivity index (χ3n) is 4.22. The molecule has 1 aliphatic carbocycles. The Bertz CT molecular complexity index is 500. The molecule has 2 N–H and O–H groups in total. The van der Waals surface area contributed by atoms with Gasteiger partial charge in [0.1, 0.15) is 0 Å². The van der Waals surface area contributed by atoms with Crippen LogP contribution in [0.2, 0.25) is 0 Å². The Hall–Kier alpha value is -1.68. The molecule has 4 heteroatoms. The number of aliphatic carboxylic acids is 1. The predicted molar refractivity (Wildman–Crippen MR) is 95.8 cm³/mol. The van der Waals surface area contributed by atoms with Gasteiger partial charge < -0.3 is 10.2 Å². The molecule has 0 saturated carbocycles. The van der Waals surface area contributed by atoms with Crippen molar-refractivity contribution in [2.45, 2.75) is 77.2 Å². The first-order valence-electron chi connectivity index (χ1n) is 9.02. The van der Waals surface area contributed by atoms with E-state index in [0.29, 0.717) is 19.3 Å². The van der Waals surface area contributed by atoms with Crippen molar-refractivity contribution in [2.24, 2.45) is 0 Å². The lowest BCUT2D eigenvalue weighted by Crippen LogP contribution is -2.01. The van der Waals surface area contributed by atoms with E-state index >= 15 is 0 Å². The molecule has 0 aliphatic heterocycles. The third-order valence-corrected chi connectivity index (χ3v) is 4.22. The smallest absolute Gasteiger partial charge is 0.303 e. The molecule has 0 fully saturated rings. The van der Waals surface area contributed by atoms with Crippen LogP contribution in [0.3, 0.4) is 0 Å². The number of carbonyl (C=O) groups excluding carboxylic acids is 1. The molecule has 0 saturated heterocycles. The van der Waals surface area contributed by atoms with Crippen molar-refractivity contribution in [1.29, 1.82) is 0 Å². The van der Waals surface area contributed by atoms with Gasteiger partial charge in [-0.2, -0.15) is 0 Å². The van der Waals surface area contributed by atoms with Crippen LogP contribution in [0.5, 0.6) is 0 Å². The minimum absolute atomic E-state index is 0.176. The van der Waals surface area contributed by atoms with Crippen LogP contribution in [-0.4, -0.2) is 28.1 Å². The fraction of sp³-hybridized carbons (Fsp3) is 0.600. The Morgan fingerprint density at radius 3 is 2.71 bits per heavy atom. The molecule has 0 amide bonds. The van der Waals surface area contributed by atoms with Crippen molar-refractivity contribution in [3.63, 3.8) is 0 Å². The molecule has 0 aromatic rings. The van der Waals surface area contributed by atoms with E-state index in [1.54, 1.807) is 6.08 Å². The molecule has 0 radical (unpaired) electrons. The number of unbranched alkanes of at least 4 members (excludes halogenated alkanes) is 3. The van der Waals surface area contributed by atoms with E-state index in [1.165, 1.54) is 0 Å². The highest BCUT2D eigenvalue weighted by Gasteiger charge is 2.20. The van der Waals surface area contributed by atoms with E-state index in [-0.39, 0.29) is 12.2 Å². The molecule has 0 bridgehead atoms. The van der Waals surface area contributed by atoms with E-state index in [1.807, 2.05) is 18.2 Å². The molecule has 1 atom stereocenters. The predicted octanol–water partition coefficient (Wildman–Crippen LogP) is 4.34. The number of carboxylic acid groups (broad SMARTS) is 1. The largest absolute Gasteiger partial charge is 0.481 e. The molecule has 1 rings (SSSR count). The molecule has 0 spiro atoms. The maximum Gasteiger partial charge on any atom is 0.303 e. The number of aliphatic hydroxyl groups is 1. The monoisotopic (exact) mass is 334 g/mol. The zero-order chi connectivity index (χ0) is 17.8. The van der Waals surface area contributed by atoms with E-state index in [4.69, 9.17) is 5.11 Å². The summed E-state index contributed by atoms with van der Waals surface area (Å²) in [5, 5.41) is 18.5. The summed E-state index contributed by atoms with van der Waals surface area (Å²) in [5.41, 5.74) is 1.87. The summed E-state index contributed by atoms with van der Waals surface area (Å²) in [7, 11) is 0. The summed E-state index contributed by atoms with van der Waals surface area (Å²) >= 11 is 0. The van der Waals surface area contributed by atoms with Crippen LogP contribution in [0.1, 0.15) is 71.1 Å². The highest BCUT2D eigenvalue weighted by Crippen LogP contribution is 2.27. The molecule has 0 unspecified atom stereocenters. The first kappa shape index (κ1) is 20.4. The molecule has 4 nitrogen and oxygen atoms in total. The number of ketones is 1. The summed E-state index contributed by atoms with van der Waals surface area (Å²) in [6.07, 6.45) is 14.6. The Balaban J connectivity index is 2.48. The number of allylic oxidation sites excluding steroid dienone is 5. The number of hydrogen-bond acceptors (Lipinski definition) is 3. The second-order valence-corrected chi connectivity index (χ2v) is 6.31. The lowest BCUT2D eigenvalue weighted by atomic mass is 10.0. The van der Waals surface area contributed by atoms with Gasteiger partial charge in [-0.1, -0.05) is 50.5 Å². The number of hydrogen-bond donors (Lipinski definition) is 2. The number of carboxylic acids is 1. The van der Waals surface area contributed by atoms with Gasteiger partial charge in [0.25, 0.3) is 0 Å². The molecule has 0 heterocycles. The normalized spacial score (nSPS) is 16.7. The van der Waals surface area contributed by atoms with Crippen LogP contribution in [0.4, 0.5) is 0 Å². The van der Waals surface area contributed by atoms with Crippen molar-refractivity contribution in [2.75, 3.05) is 0 Å². The average molecular weight is 334 g/mol. The maximum atomic E-state index is 12.0. The second-order valence-electron chi connectivity index (χ2n) is 6.31. The van der Waals surface area contributed by atoms with Gasteiger partial charge in [-0.05, 0) is 37.7 Å². The molecular weight excluding hydrogens is 304 g/mol. The second kappa shape index (κ2) is 11.8. The average Bonchev–Trinajstić information content (AvgIpc) is 2.89. The van der Waals surface area contributed by atoms with Gasteiger partial charge in [0, 0.05) is 18.4 Å². The Kier molecular flexibility index (Phi) is 10.0. The Morgan fingerprint density at radius 2 is 2.00 bits per heavy atom. The molecule has 134 valence electrons. The van der Waals surface area contributed by atoms with Crippen LogP contribution < -0.4 is 0 Å². The molecular formula is C20H30O4.